The predicted molar refractivity (Wildman–Crippen MR) is 90.5 cm³/mol. The van der Waals surface area contributed by atoms with Crippen molar-refractivity contribution in [3.8, 4) is 0 Å². The summed E-state index contributed by atoms with van der Waals surface area (Å²) in [5, 5.41) is 3.66. The Kier molecular flexibility index (Phi) is 5.01. The number of halogens is 1. The smallest absolute Gasteiger partial charge is 0.238 e. The first-order valence-electron chi connectivity index (χ1n) is 8.15. The van der Waals surface area contributed by atoms with Crippen molar-refractivity contribution in [3.63, 3.8) is 0 Å². The molecule has 0 unspecified atom stereocenters. The topological polar surface area (TPSA) is 35.6 Å². The van der Waals surface area contributed by atoms with Crippen LogP contribution in [0, 0.1) is 6.92 Å². The molecule has 1 saturated carbocycles. The van der Waals surface area contributed by atoms with E-state index in [1.54, 1.807) is 0 Å². The Morgan fingerprint density at radius 3 is 2.64 bits per heavy atom. The maximum Gasteiger partial charge on any atom is 0.238 e. The molecular weight excluding hydrogens is 298 g/mol. The van der Waals surface area contributed by atoms with Gasteiger partial charge in [0, 0.05) is 42.9 Å². The number of anilines is 1. The average Bonchev–Trinajstić information content (AvgIpc) is 2.44. The van der Waals surface area contributed by atoms with E-state index in [0.717, 1.165) is 43.5 Å². The van der Waals surface area contributed by atoms with Crippen molar-refractivity contribution in [2.45, 2.75) is 32.2 Å². The van der Waals surface area contributed by atoms with Gasteiger partial charge in [0.05, 0.1) is 6.54 Å². The maximum absolute atomic E-state index is 12.2. The van der Waals surface area contributed by atoms with Crippen LogP contribution in [0.2, 0.25) is 5.02 Å². The lowest BCUT2D eigenvalue weighted by molar-refractivity contribution is -0.117. The van der Waals surface area contributed by atoms with E-state index >= 15 is 0 Å². The summed E-state index contributed by atoms with van der Waals surface area (Å²) in [6, 6.07) is 6.41. The van der Waals surface area contributed by atoms with Gasteiger partial charge in [-0.3, -0.25) is 14.6 Å². The number of nitrogens with zero attached hydrogens (tertiary/aromatic N) is 2. The third kappa shape index (κ3) is 3.62. The molecule has 1 aliphatic carbocycles. The molecule has 1 N–H and O–H groups in total. The number of hydrogen-bond donors (Lipinski definition) is 1. The van der Waals surface area contributed by atoms with Crippen molar-refractivity contribution in [3.05, 3.63) is 28.8 Å². The Morgan fingerprint density at radius 2 is 2.00 bits per heavy atom. The van der Waals surface area contributed by atoms with Gasteiger partial charge in [-0.1, -0.05) is 24.1 Å². The van der Waals surface area contributed by atoms with Gasteiger partial charge in [0.15, 0.2) is 0 Å². The highest BCUT2D eigenvalue weighted by Crippen LogP contribution is 2.25. The summed E-state index contributed by atoms with van der Waals surface area (Å²) < 4.78 is 0. The van der Waals surface area contributed by atoms with Crippen LogP contribution in [0.1, 0.15) is 24.8 Å². The molecule has 0 spiro atoms. The van der Waals surface area contributed by atoms with Crippen LogP contribution in [0.15, 0.2) is 18.2 Å². The molecule has 120 valence electrons. The van der Waals surface area contributed by atoms with Crippen LogP contribution in [-0.2, 0) is 4.79 Å². The van der Waals surface area contributed by atoms with Gasteiger partial charge in [0.2, 0.25) is 5.91 Å². The van der Waals surface area contributed by atoms with E-state index in [2.05, 4.69) is 15.1 Å². The molecule has 0 atom stereocenters. The molecule has 5 heteroatoms. The molecule has 3 rings (SSSR count). The minimum Gasteiger partial charge on any atom is -0.325 e. The normalized spacial score (nSPS) is 20.6. The lowest BCUT2D eigenvalue weighted by Gasteiger charge is -2.42. The first-order valence-corrected chi connectivity index (χ1v) is 8.52. The van der Waals surface area contributed by atoms with Gasteiger partial charge >= 0.3 is 0 Å². The number of carbonyl (C=O) groups excluding carboxylic acids is 1. The van der Waals surface area contributed by atoms with Crippen molar-refractivity contribution in [1.82, 2.24) is 9.80 Å². The number of piperazine rings is 1. The third-order valence-electron chi connectivity index (χ3n) is 4.91. The van der Waals surface area contributed by atoms with Crippen LogP contribution in [0.25, 0.3) is 0 Å². The molecule has 1 saturated heterocycles. The van der Waals surface area contributed by atoms with Crippen molar-refractivity contribution < 1.29 is 4.79 Å². The standard InChI is InChI=1S/C17H24ClN3O/c1-13-15(18)6-3-7-16(13)19-17(22)12-20-8-10-21(11-9-20)14-4-2-5-14/h3,6-7,14H,2,4-5,8-12H2,1H3,(H,19,22). The Hall–Kier alpha value is -1.10. The Morgan fingerprint density at radius 1 is 1.27 bits per heavy atom. The lowest BCUT2D eigenvalue weighted by Crippen LogP contribution is -2.53. The minimum atomic E-state index is 0.0439. The highest BCUT2D eigenvalue weighted by atomic mass is 35.5. The van der Waals surface area contributed by atoms with Gasteiger partial charge in [-0.2, -0.15) is 0 Å². The quantitative estimate of drug-likeness (QED) is 0.926. The van der Waals surface area contributed by atoms with Gasteiger partial charge in [0.25, 0.3) is 0 Å². The third-order valence-corrected chi connectivity index (χ3v) is 5.32. The van der Waals surface area contributed by atoms with Crippen LogP contribution >= 0.6 is 11.6 Å². The summed E-state index contributed by atoms with van der Waals surface area (Å²) in [6.07, 6.45) is 4.09. The Balaban J connectivity index is 1.47. The summed E-state index contributed by atoms with van der Waals surface area (Å²) in [6.45, 7) is 6.54. The summed E-state index contributed by atoms with van der Waals surface area (Å²) in [7, 11) is 0. The Bertz CT molecular complexity index is 537. The zero-order chi connectivity index (χ0) is 15.5. The molecule has 2 aliphatic rings. The van der Waals surface area contributed by atoms with Crippen LogP contribution < -0.4 is 5.32 Å². The first-order chi connectivity index (χ1) is 10.6. The first kappa shape index (κ1) is 15.8. The molecule has 1 aromatic carbocycles. The van der Waals surface area contributed by atoms with Crippen molar-refractivity contribution in [2.24, 2.45) is 0 Å². The summed E-state index contributed by atoms with van der Waals surface area (Å²) in [4.78, 5) is 17.0. The molecule has 0 bridgehead atoms. The number of benzene rings is 1. The fourth-order valence-corrected chi connectivity index (χ4v) is 3.35. The van der Waals surface area contributed by atoms with E-state index in [1.165, 1.54) is 19.3 Å². The Labute approximate surface area is 137 Å². The van der Waals surface area contributed by atoms with E-state index in [-0.39, 0.29) is 5.91 Å². The van der Waals surface area contributed by atoms with Gasteiger partial charge in [0.1, 0.15) is 0 Å². The van der Waals surface area contributed by atoms with Gasteiger partial charge < -0.3 is 5.32 Å². The zero-order valence-corrected chi connectivity index (χ0v) is 13.9. The van der Waals surface area contributed by atoms with Crippen LogP contribution in [0.5, 0.6) is 0 Å². The van der Waals surface area contributed by atoms with Gasteiger partial charge in [-0.15, -0.1) is 0 Å². The lowest BCUT2D eigenvalue weighted by atomic mass is 9.91. The molecule has 1 aromatic rings. The second-order valence-corrected chi connectivity index (χ2v) is 6.76. The highest BCUT2D eigenvalue weighted by molar-refractivity contribution is 6.31. The molecule has 2 fully saturated rings. The summed E-state index contributed by atoms with van der Waals surface area (Å²) in [5.74, 6) is 0.0439. The second-order valence-electron chi connectivity index (χ2n) is 6.36. The maximum atomic E-state index is 12.2. The van der Waals surface area contributed by atoms with E-state index < -0.39 is 0 Å². The van der Waals surface area contributed by atoms with Crippen molar-refractivity contribution in [2.75, 3.05) is 38.0 Å². The minimum absolute atomic E-state index is 0.0439. The second kappa shape index (κ2) is 6.99. The SMILES string of the molecule is Cc1c(Cl)cccc1NC(=O)CN1CCN(C2CCC2)CC1. The van der Waals surface area contributed by atoms with Crippen molar-refractivity contribution in [1.29, 1.82) is 0 Å². The number of amides is 1. The number of rotatable bonds is 4. The van der Waals surface area contributed by atoms with Crippen molar-refractivity contribution >= 4 is 23.2 Å². The zero-order valence-electron chi connectivity index (χ0n) is 13.1. The average molecular weight is 322 g/mol. The monoisotopic (exact) mass is 321 g/mol. The molecule has 1 heterocycles. The van der Waals surface area contributed by atoms with E-state index in [9.17, 15) is 4.79 Å². The molecule has 1 amide bonds. The summed E-state index contributed by atoms with van der Waals surface area (Å²) in [5.41, 5.74) is 1.73. The van der Waals surface area contributed by atoms with Crippen LogP contribution in [0.3, 0.4) is 0 Å². The number of nitrogens with one attached hydrogen (secondary N) is 1. The van der Waals surface area contributed by atoms with E-state index in [1.807, 2.05) is 25.1 Å². The predicted octanol–water partition coefficient (Wildman–Crippen LogP) is 2.76. The molecule has 0 radical (unpaired) electrons. The largest absolute Gasteiger partial charge is 0.325 e. The molecule has 1 aliphatic heterocycles. The van der Waals surface area contributed by atoms with Crippen LogP contribution in [0.4, 0.5) is 5.69 Å². The number of carbonyl (C=O) groups is 1. The van der Waals surface area contributed by atoms with Gasteiger partial charge in [-0.05, 0) is 37.5 Å². The van der Waals surface area contributed by atoms with Gasteiger partial charge in [-0.25, -0.2) is 0 Å². The fraction of sp³-hybridized carbons (Fsp3) is 0.588. The van der Waals surface area contributed by atoms with E-state index in [4.69, 9.17) is 11.6 Å². The highest BCUT2D eigenvalue weighted by Gasteiger charge is 2.28. The molecule has 22 heavy (non-hydrogen) atoms. The van der Waals surface area contributed by atoms with E-state index in [0.29, 0.717) is 11.6 Å². The fourth-order valence-electron chi connectivity index (χ4n) is 3.17. The molecule has 0 aromatic heterocycles. The molecular formula is C17H24ClN3O. The number of hydrogen-bond acceptors (Lipinski definition) is 3. The molecule has 4 nitrogen and oxygen atoms in total. The van der Waals surface area contributed by atoms with Crippen LogP contribution in [-0.4, -0.2) is 54.5 Å². The summed E-state index contributed by atoms with van der Waals surface area (Å²) >= 11 is 6.09.